The smallest absolute Gasteiger partial charge is 0.132 e. The molecule has 0 heterocycles. The van der Waals surface area contributed by atoms with Gasteiger partial charge in [-0.05, 0) is 42.8 Å². The normalized spacial score (nSPS) is 9.40. The largest absolute Gasteiger partial charge is 0.497 e. The highest BCUT2D eigenvalue weighted by Gasteiger charge is 2.05. The van der Waals surface area contributed by atoms with Gasteiger partial charge in [0.25, 0.3) is 0 Å². The second-order valence-corrected chi connectivity index (χ2v) is 4.20. The van der Waals surface area contributed by atoms with Crippen molar-refractivity contribution in [1.29, 1.82) is 10.5 Å². The van der Waals surface area contributed by atoms with E-state index in [-0.39, 0.29) is 0 Å². The predicted octanol–water partition coefficient (Wildman–Crippen LogP) is 3.54. The molecule has 4 nitrogen and oxygen atoms in total. The Morgan fingerprint density at radius 2 is 1.65 bits per heavy atom. The van der Waals surface area contributed by atoms with Crippen molar-refractivity contribution in [1.82, 2.24) is 0 Å². The Balaban J connectivity index is 2.33. The molecular formula is C16H12N2O2. The molecule has 0 saturated heterocycles. The van der Waals surface area contributed by atoms with Crippen molar-refractivity contribution in [3.63, 3.8) is 0 Å². The van der Waals surface area contributed by atoms with E-state index in [2.05, 4.69) is 12.1 Å². The summed E-state index contributed by atoms with van der Waals surface area (Å²) in [5.74, 6) is 1.69. The number of nitriles is 2. The Kier molecular flexibility index (Phi) is 3.88. The van der Waals surface area contributed by atoms with Crippen LogP contribution < -0.4 is 9.47 Å². The van der Waals surface area contributed by atoms with Crippen LogP contribution in [0.15, 0.2) is 36.4 Å². The van der Waals surface area contributed by atoms with Crippen molar-refractivity contribution in [3.05, 3.63) is 53.1 Å². The average Bonchev–Trinajstić information content (AvgIpc) is 2.47. The molecule has 0 aliphatic heterocycles. The SMILES string of the molecule is COc1cc(C#N)cc(Oc2ccc(C#N)c(C)c2)c1. The van der Waals surface area contributed by atoms with Gasteiger partial charge in [-0.1, -0.05) is 0 Å². The number of rotatable bonds is 3. The molecule has 4 heteroatoms. The maximum atomic E-state index is 8.96. The third-order valence-electron chi connectivity index (χ3n) is 2.80. The molecule has 0 bridgehead atoms. The molecule has 0 N–H and O–H groups in total. The Hall–Kier alpha value is -2.98. The van der Waals surface area contributed by atoms with Gasteiger partial charge < -0.3 is 9.47 Å². The summed E-state index contributed by atoms with van der Waals surface area (Å²) in [4.78, 5) is 0. The van der Waals surface area contributed by atoms with Gasteiger partial charge in [-0.2, -0.15) is 10.5 Å². The Labute approximate surface area is 117 Å². The Morgan fingerprint density at radius 1 is 0.900 bits per heavy atom. The van der Waals surface area contributed by atoms with Gasteiger partial charge in [0.1, 0.15) is 17.2 Å². The van der Waals surface area contributed by atoms with E-state index in [9.17, 15) is 0 Å². The van der Waals surface area contributed by atoms with Gasteiger partial charge in [0.05, 0.1) is 30.4 Å². The molecule has 0 saturated carbocycles. The first-order valence-corrected chi connectivity index (χ1v) is 5.94. The molecule has 0 aliphatic rings. The number of methoxy groups -OCH3 is 1. The van der Waals surface area contributed by atoms with Gasteiger partial charge in [-0.3, -0.25) is 0 Å². The van der Waals surface area contributed by atoms with Gasteiger partial charge in [0, 0.05) is 6.07 Å². The number of aryl methyl sites for hydroxylation is 1. The van der Waals surface area contributed by atoms with Crippen molar-refractivity contribution in [2.24, 2.45) is 0 Å². The lowest BCUT2D eigenvalue weighted by Crippen LogP contribution is -1.90. The van der Waals surface area contributed by atoms with E-state index in [1.807, 2.05) is 6.92 Å². The first-order valence-electron chi connectivity index (χ1n) is 5.94. The van der Waals surface area contributed by atoms with E-state index in [4.69, 9.17) is 20.0 Å². The van der Waals surface area contributed by atoms with Crippen molar-refractivity contribution in [2.45, 2.75) is 6.92 Å². The predicted molar refractivity (Wildman–Crippen MR) is 73.7 cm³/mol. The second-order valence-electron chi connectivity index (χ2n) is 4.20. The van der Waals surface area contributed by atoms with E-state index >= 15 is 0 Å². The molecule has 98 valence electrons. The van der Waals surface area contributed by atoms with Crippen molar-refractivity contribution in [2.75, 3.05) is 7.11 Å². The molecule has 0 aromatic heterocycles. The monoisotopic (exact) mass is 264 g/mol. The van der Waals surface area contributed by atoms with Crippen LogP contribution in [0.3, 0.4) is 0 Å². The first kappa shape index (κ1) is 13.5. The van der Waals surface area contributed by atoms with Crippen LogP contribution in [-0.2, 0) is 0 Å². The maximum absolute atomic E-state index is 8.96. The summed E-state index contributed by atoms with van der Waals surface area (Å²) in [5, 5.41) is 17.9. The lowest BCUT2D eigenvalue weighted by molar-refractivity contribution is 0.409. The molecule has 0 aliphatic carbocycles. The minimum Gasteiger partial charge on any atom is -0.497 e. The molecule has 2 aromatic carbocycles. The summed E-state index contributed by atoms with van der Waals surface area (Å²) in [6.45, 7) is 1.84. The van der Waals surface area contributed by atoms with Crippen molar-refractivity contribution >= 4 is 0 Å². The number of hydrogen-bond acceptors (Lipinski definition) is 4. The fourth-order valence-electron chi connectivity index (χ4n) is 1.77. The van der Waals surface area contributed by atoms with Crippen molar-refractivity contribution < 1.29 is 9.47 Å². The summed E-state index contributed by atoms with van der Waals surface area (Å²) in [7, 11) is 1.53. The fraction of sp³-hybridized carbons (Fsp3) is 0.125. The van der Waals surface area contributed by atoms with Gasteiger partial charge in [0.15, 0.2) is 0 Å². The van der Waals surface area contributed by atoms with Crippen LogP contribution in [0.4, 0.5) is 0 Å². The third kappa shape index (κ3) is 2.88. The zero-order valence-electron chi connectivity index (χ0n) is 11.2. The number of nitrogens with zero attached hydrogens (tertiary/aromatic N) is 2. The minimum absolute atomic E-state index is 0.463. The van der Waals surface area contributed by atoms with Gasteiger partial charge in [-0.15, -0.1) is 0 Å². The maximum Gasteiger partial charge on any atom is 0.132 e. The Morgan fingerprint density at radius 3 is 2.25 bits per heavy atom. The molecule has 0 unspecified atom stereocenters. The highest BCUT2D eigenvalue weighted by molar-refractivity contribution is 5.47. The van der Waals surface area contributed by atoms with Crippen molar-refractivity contribution in [3.8, 4) is 29.4 Å². The topological polar surface area (TPSA) is 66.0 Å². The van der Waals surface area contributed by atoms with Crippen LogP contribution in [-0.4, -0.2) is 7.11 Å². The standard InChI is InChI=1S/C16H12N2O2/c1-11-5-14(4-3-13(11)10-18)20-16-7-12(9-17)6-15(8-16)19-2/h3-8H,1-2H3. The minimum atomic E-state index is 0.463. The number of ether oxygens (including phenoxy) is 2. The van der Waals surface area contributed by atoms with Crippen LogP contribution in [0, 0.1) is 29.6 Å². The van der Waals surface area contributed by atoms with Crippen LogP contribution in [0.5, 0.6) is 17.2 Å². The summed E-state index contributed by atoms with van der Waals surface area (Å²) in [6.07, 6.45) is 0. The average molecular weight is 264 g/mol. The molecule has 2 rings (SSSR count). The zero-order chi connectivity index (χ0) is 14.5. The summed E-state index contributed by atoms with van der Waals surface area (Å²) >= 11 is 0. The van der Waals surface area contributed by atoms with E-state index in [1.165, 1.54) is 7.11 Å². The zero-order valence-corrected chi connectivity index (χ0v) is 11.2. The Bertz CT molecular complexity index is 724. The van der Waals surface area contributed by atoms with Crippen LogP contribution in [0.2, 0.25) is 0 Å². The van der Waals surface area contributed by atoms with E-state index in [0.29, 0.717) is 28.4 Å². The highest BCUT2D eigenvalue weighted by atomic mass is 16.5. The molecule has 0 amide bonds. The van der Waals surface area contributed by atoms with Gasteiger partial charge in [0.2, 0.25) is 0 Å². The van der Waals surface area contributed by atoms with E-state index in [1.54, 1.807) is 36.4 Å². The van der Waals surface area contributed by atoms with E-state index < -0.39 is 0 Å². The summed E-state index contributed by atoms with van der Waals surface area (Å²) in [6, 6.07) is 14.3. The molecular weight excluding hydrogens is 252 g/mol. The lowest BCUT2D eigenvalue weighted by atomic mass is 10.1. The molecule has 0 atom stereocenters. The third-order valence-corrected chi connectivity index (χ3v) is 2.80. The first-order chi connectivity index (χ1) is 9.66. The molecule has 0 fully saturated rings. The van der Waals surface area contributed by atoms with Gasteiger partial charge >= 0.3 is 0 Å². The molecule has 0 spiro atoms. The van der Waals surface area contributed by atoms with Crippen LogP contribution >= 0.6 is 0 Å². The highest BCUT2D eigenvalue weighted by Crippen LogP contribution is 2.28. The van der Waals surface area contributed by atoms with E-state index in [0.717, 1.165) is 5.56 Å². The van der Waals surface area contributed by atoms with Gasteiger partial charge in [-0.25, -0.2) is 0 Å². The summed E-state index contributed by atoms with van der Waals surface area (Å²) in [5.41, 5.74) is 1.92. The lowest BCUT2D eigenvalue weighted by Gasteiger charge is -2.09. The number of benzene rings is 2. The van der Waals surface area contributed by atoms with Crippen LogP contribution in [0.1, 0.15) is 16.7 Å². The second kappa shape index (κ2) is 5.77. The molecule has 20 heavy (non-hydrogen) atoms. The number of hydrogen-bond donors (Lipinski definition) is 0. The van der Waals surface area contributed by atoms with Crippen LogP contribution in [0.25, 0.3) is 0 Å². The summed E-state index contributed by atoms with van der Waals surface area (Å²) < 4.78 is 10.8. The molecule has 0 radical (unpaired) electrons. The quantitative estimate of drug-likeness (QED) is 0.850. The molecule has 2 aromatic rings. The fourth-order valence-corrected chi connectivity index (χ4v) is 1.77.